The van der Waals surface area contributed by atoms with E-state index in [1.165, 1.54) is 16.9 Å². The lowest BCUT2D eigenvalue weighted by atomic mass is 9.87. The quantitative estimate of drug-likeness (QED) is 0.692. The molecule has 3 N–H and O–H groups in total. The molecule has 2 amide bonds. The molecule has 0 aliphatic heterocycles. The molecule has 1 aromatic heterocycles. The van der Waals surface area contributed by atoms with Gasteiger partial charge in [0.2, 0.25) is 11.8 Å². The third-order valence-electron chi connectivity index (χ3n) is 3.69. The van der Waals surface area contributed by atoms with Gasteiger partial charge >= 0.3 is 0 Å². The van der Waals surface area contributed by atoms with Crippen molar-refractivity contribution in [2.75, 3.05) is 11.9 Å². The van der Waals surface area contributed by atoms with E-state index >= 15 is 0 Å². The average Bonchev–Trinajstić information content (AvgIpc) is 2.97. The van der Waals surface area contributed by atoms with E-state index in [0.29, 0.717) is 30.3 Å². The molecule has 7 heteroatoms. The van der Waals surface area contributed by atoms with E-state index in [1.807, 2.05) is 12.1 Å². The van der Waals surface area contributed by atoms with Crippen LogP contribution in [0.1, 0.15) is 44.9 Å². The maximum Gasteiger partial charge on any atom is 0.226 e. The zero-order chi connectivity index (χ0) is 19.2. The minimum atomic E-state index is -0.444. The molecular formula is C19H25N3O3S. The first-order chi connectivity index (χ1) is 12.2. The molecule has 2 aromatic rings. The number of rotatable bonds is 8. The highest BCUT2D eigenvalue weighted by Crippen LogP contribution is 2.24. The summed E-state index contributed by atoms with van der Waals surface area (Å²) in [6, 6.07) is 8.04. The monoisotopic (exact) mass is 375 g/mol. The zero-order valence-corrected chi connectivity index (χ0v) is 16.2. The van der Waals surface area contributed by atoms with Crippen molar-refractivity contribution in [3.8, 4) is 5.75 Å². The van der Waals surface area contributed by atoms with Gasteiger partial charge < -0.3 is 15.8 Å². The van der Waals surface area contributed by atoms with Crippen LogP contribution in [0.15, 0.2) is 29.6 Å². The third-order valence-corrected chi connectivity index (χ3v) is 4.50. The van der Waals surface area contributed by atoms with Gasteiger partial charge in [-0.1, -0.05) is 32.9 Å². The molecule has 0 unspecified atom stereocenters. The number of hydrogen-bond donors (Lipinski definition) is 2. The molecule has 2 rings (SSSR count). The van der Waals surface area contributed by atoms with Crippen molar-refractivity contribution in [3.63, 3.8) is 0 Å². The van der Waals surface area contributed by atoms with Gasteiger partial charge in [0.05, 0.1) is 18.7 Å². The SMILES string of the molecule is CC(C)(C)c1ccc(OCCCC(=O)Nc2nc(CC(N)=O)cs2)cc1. The molecule has 0 saturated heterocycles. The van der Waals surface area contributed by atoms with E-state index in [9.17, 15) is 9.59 Å². The predicted molar refractivity (Wildman–Crippen MR) is 104 cm³/mol. The van der Waals surface area contributed by atoms with Gasteiger partial charge in [-0.05, 0) is 29.5 Å². The van der Waals surface area contributed by atoms with Gasteiger partial charge in [0.15, 0.2) is 5.13 Å². The maximum absolute atomic E-state index is 11.9. The predicted octanol–water partition coefficient (Wildman–Crippen LogP) is 3.27. The topological polar surface area (TPSA) is 94.3 Å². The number of nitrogens with zero attached hydrogens (tertiary/aromatic N) is 1. The van der Waals surface area contributed by atoms with Crippen molar-refractivity contribution in [1.29, 1.82) is 0 Å². The number of thiazole rings is 1. The first kappa shape index (κ1) is 19.9. The van der Waals surface area contributed by atoms with E-state index in [-0.39, 0.29) is 17.7 Å². The second kappa shape index (κ2) is 8.80. The minimum Gasteiger partial charge on any atom is -0.494 e. The summed E-state index contributed by atoms with van der Waals surface area (Å²) in [6.07, 6.45) is 1.02. The normalized spacial score (nSPS) is 11.2. The number of nitrogens with one attached hydrogen (secondary N) is 1. The van der Waals surface area contributed by atoms with Gasteiger partial charge in [-0.2, -0.15) is 0 Å². The molecule has 1 aromatic carbocycles. The Morgan fingerprint density at radius 2 is 1.92 bits per heavy atom. The number of ether oxygens (including phenoxy) is 1. The summed E-state index contributed by atoms with van der Waals surface area (Å²) < 4.78 is 5.68. The van der Waals surface area contributed by atoms with Crippen molar-refractivity contribution in [2.45, 2.75) is 45.4 Å². The molecule has 0 aliphatic rings. The molecule has 0 bridgehead atoms. The molecule has 0 saturated carbocycles. The number of primary amides is 1. The number of amides is 2. The second-order valence-electron chi connectivity index (χ2n) is 7.06. The molecule has 0 atom stereocenters. The Morgan fingerprint density at radius 1 is 1.23 bits per heavy atom. The van der Waals surface area contributed by atoms with Crippen LogP contribution in [0, 0.1) is 0 Å². The number of carbonyl (C=O) groups is 2. The summed E-state index contributed by atoms with van der Waals surface area (Å²) >= 11 is 1.28. The van der Waals surface area contributed by atoms with Crippen molar-refractivity contribution in [2.24, 2.45) is 5.73 Å². The summed E-state index contributed by atoms with van der Waals surface area (Å²) in [7, 11) is 0. The van der Waals surface area contributed by atoms with Crippen molar-refractivity contribution in [3.05, 3.63) is 40.9 Å². The fraction of sp³-hybridized carbons (Fsp3) is 0.421. The van der Waals surface area contributed by atoms with Crippen LogP contribution in [0.4, 0.5) is 5.13 Å². The first-order valence-corrected chi connectivity index (χ1v) is 9.38. The number of nitrogens with two attached hydrogens (primary N) is 1. The zero-order valence-electron chi connectivity index (χ0n) is 15.4. The second-order valence-corrected chi connectivity index (χ2v) is 7.92. The smallest absolute Gasteiger partial charge is 0.226 e. The Hall–Kier alpha value is -2.41. The highest BCUT2D eigenvalue weighted by atomic mass is 32.1. The number of aromatic nitrogens is 1. The van der Waals surface area contributed by atoms with Crippen molar-refractivity contribution < 1.29 is 14.3 Å². The lowest BCUT2D eigenvalue weighted by Gasteiger charge is -2.19. The van der Waals surface area contributed by atoms with Gasteiger partial charge in [0, 0.05) is 11.8 Å². The highest BCUT2D eigenvalue weighted by Gasteiger charge is 2.13. The van der Waals surface area contributed by atoms with Crippen LogP contribution >= 0.6 is 11.3 Å². The summed E-state index contributed by atoms with van der Waals surface area (Å²) in [6.45, 7) is 6.97. The Labute approximate surface area is 157 Å². The largest absolute Gasteiger partial charge is 0.494 e. The van der Waals surface area contributed by atoms with Crippen LogP contribution in [0.2, 0.25) is 0 Å². The van der Waals surface area contributed by atoms with E-state index in [2.05, 4.69) is 43.2 Å². The van der Waals surface area contributed by atoms with E-state index < -0.39 is 5.91 Å². The van der Waals surface area contributed by atoms with Crippen LogP contribution in [-0.4, -0.2) is 23.4 Å². The standard InChI is InChI=1S/C19H25N3O3S/c1-19(2,3)13-6-8-15(9-7-13)25-10-4-5-17(24)22-18-21-14(12-26-18)11-16(20)23/h6-9,12H,4-5,10-11H2,1-3H3,(H2,20,23)(H,21,22,24). The first-order valence-electron chi connectivity index (χ1n) is 8.50. The summed E-state index contributed by atoms with van der Waals surface area (Å²) in [4.78, 5) is 26.9. The lowest BCUT2D eigenvalue weighted by molar-refractivity contribution is -0.117. The lowest BCUT2D eigenvalue weighted by Crippen LogP contribution is -2.15. The summed E-state index contributed by atoms with van der Waals surface area (Å²) in [5.74, 6) is 0.229. The minimum absolute atomic E-state index is 0.0776. The van der Waals surface area contributed by atoms with E-state index in [1.54, 1.807) is 5.38 Å². The van der Waals surface area contributed by atoms with E-state index in [0.717, 1.165) is 5.75 Å². The average molecular weight is 375 g/mol. The van der Waals surface area contributed by atoms with E-state index in [4.69, 9.17) is 10.5 Å². The van der Waals surface area contributed by atoms with Crippen molar-refractivity contribution in [1.82, 2.24) is 4.98 Å². The summed E-state index contributed by atoms with van der Waals surface area (Å²) in [5.41, 5.74) is 7.06. The number of carbonyl (C=O) groups excluding carboxylic acids is 2. The van der Waals surface area contributed by atoms with Crippen molar-refractivity contribution >= 4 is 28.3 Å². The Bertz CT molecular complexity index is 748. The van der Waals surface area contributed by atoms with Crippen LogP contribution in [-0.2, 0) is 21.4 Å². The molecule has 0 radical (unpaired) electrons. The van der Waals surface area contributed by atoms with Crippen LogP contribution < -0.4 is 15.8 Å². The van der Waals surface area contributed by atoms with Gasteiger partial charge in [-0.15, -0.1) is 11.3 Å². The molecule has 0 spiro atoms. The number of benzene rings is 1. The molecule has 140 valence electrons. The fourth-order valence-corrected chi connectivity index (χ4v) is 3.01. The number of anilines is 1. The third kappa shape index (κ3) is 6.48. The Morgan fingerprint density at radius 3 is 2.54 bits per heavy atom. The molecule has 0 aliphatic carbocycles. The molecule has 26 heavy (non-hydrogen) atoms. The maximum atomic E-state index is 11.9. The molecule has 1 heterocycles. The Kier molecular flexibility index (Phi) is 6.74. The summed E-state index contributed by atoms with van der Waals surface area (Å²) in [5, 5.41) is 4.91. The highest BCUT2D eigenvalue weighted by molar-refractivity contribution is 7.13. The van der Waals surface area contributed by atoms with Crippen LogP contribution in [0.5, 0.6) is 5.75 Å². The van der Waals surface area contributed by atoms with Gasteiger partial charge in [0.1, 0.15) is 5.75 Å². The molecule has 6 nitrogen and oxygen atoms in total. The fourth-order valence-electron chi connectivity index (χ4n) is 2.28. The molecular weight excluding hydrogens is 350 g/mol. The van der Waals surface area contributed by atoms with Crippen LogP contribution in [0.25, 0.3) is 0 Å². The molecule has 0 fully saturated rings. The van der Waals surface area contributed by atoms with Gasteiger partial charge in [-0.25, -0.2) is 4.98 Å². The van der Waals surface area contributed by atoms with Crippen LogP contribution in [0.3, 0.4) is 0 Å². The van der Waals surface area contributed by atoms with Gasteiger partial charge in [0.25, 0.3) is 0 Å². The van der Waals surface area contributed by atoms with Gasteiger partial charge in [-0.3, -0.25) is 9.59 Å². The Balaban J connectivity index is 1.70. The number of hydrogen-bond acceptors (Lipinski definition) is 5.